The number of halogens is 3. The third-order valence-electron chi connectivity index (χ3n) is 3.36. The van der Waals surface area contributed by atoms with Crippen LogP contribution in [0.4, 0.5) is 14.5 Å². The van der Waals surface area contributed by atoms with Gasteiger partial charge >= 0.3 is 0 Å². The van der Waals surface area contributed by atoms with E-state index < -0.39 is 17.5 Å². The number of nitrogens with zero attached hydrogens (tertiary/aromatic N) is 2. The average Bonchev–Trinajstić information content (AvgIpc) is 3.01. The number of aromatic nitrogens is 2. The molecule has 0 aliphatic rings. The molecule has 0 aliphatic heterocycles. The lowest BCUT2D eigenvalue weighted by atomic mass is 10.2. The van der Waals surface area contributed by atoms with Gasteiger partial charge in [0.05, 0.1) is 24.0 Å². The molecule has 0 aliphatic carbocycles. The molecule has 3 rings (SSSR count). The van der Waals surface area contributed by atoms with Crippen molar-refractivity contribution in [2.75, 3.05) is 5.32 Å². The van der Waals surface area contributed by atoms with E-state index in [9.17, 15) is 13.6 Å². The van der Waals surface area contributed by atoms with Crippen LogP contribution in [0.1, 0.15) is 15.9 Å². The zero-order chi connectivity index (χ0) is 17.1. The highest BCUT2D eigenvalue weighted by atomic mass is 35.5. The van der Waals surface area contributed by atoms with Crippen molar-refractivity contribution in [2.45, 2.75) is 6.54 Å². The second-order valence-corrected chi connectivity index (χ2v) is 5.50. The van der Waals surface area contributed by atoms with Gasteiger partial charge in [-0.1, -0.05) is 29.8 Å². The molecule has 0 saturated heterocycles. The molecule has 0 bridgehead atoms. The molecule has 122 valence electrons. The number of anilines is 1. The average molecular weight is 348 g/mol. The molecule has 3 aromatic rings. The van der Waals surface area contributed by atoms with Crippen LogP contribution in [0.3, 0.4) is 0 Å². The van der Waals surface area contributed by atoms with Crippen molar-refractivity contribution < 1.29 is 13.6 Å². The summed E-state index contributed by atoms with van der Waals surface area (Å²) >= 11 is 6.09. The Kier molecular flexibility index (Phi) is 4.57. The second-order valence-electron chi connectivity index (χ2n) is 5.10. The SMILES string of the molecule is O=C(Nc1ccc(F)cc1F)c1cnn(Cc2ccccc2Cl)c1. The highest BCUT2D eigenvalue weighted by Crippen LogP contribution is 2.18. The van der Waals surface area contributed by atoms with Crippen molar-refractivity contribution in [1.29, 1.82) is 0 Å². The van der Waals surface area contributed by atoms with Crippen LogP contribution >= 0.6 is 11.6 Å². The van der Waals surface area contributed by atoms with E-state index in [0.29, 0.717) is 17.6 Å². The van der Waals surface area contributed by atoms with Crippen LogP contribution in [0.15, 0.2) is 54.9 Å². The zero-order valence-corrected chi connectivity index (χ0v) is 13.1. The quantitative estimate of drug-likeness (QED) is 0.772. The minimum atomic E-state index is -0.841. The summed E-state index contributed by atoms with van der Waals surface area (Å²) in [7, 11) is 0. The number of amides is 1. The molecule has 0 radical (unpaired) electrons. The van der Waals surface area contributed by atoms with Crippen LogP contribution in [0.5, 0.6) is 0 Å². The third-order valence-corrected chi connectivity index (χ3v) is 3.73. The lowest BCUT2D eigenvalue weighted by molar-refractivity contribution is 0.102. The van der Waals surface area contributed by atoms with Gasteiger partial charge in [0, 0.05) is 17.3 Å². The summed E-state index contributed by atoms with van der Waals surface area (Å²) in [6.45, 7) is 0.401. The van der Waals surface area contributed by atoms with Gasteiger partial charge in [-0.15, -0.1) is 0 Å². The molecule has 4 nitrogen and oxygen atoms in total. The van der Waals surface area contributed by atoms with Crippen LogP contribution in [0.25, 0.3) is 0 Å². The van der Waals surface area contributed by atoms with Gasteiger partial charge in [0.1, 0.15) is 11.6 Å². The van der Waals surface area contributed by atoms with Gasteiger partial charge in [0.15, 0.2) is 0 Å². The molecule has 1 aromatic heterocycles. The van der Waals surface area contributed by atoms with Crippen molar-refractivity contribution in [1.82, 2.24) is 9.78 Å². The van der Waals surface area contributed by atoms with E-state index in [4.69, 9.17) is 11.6 Å². The van der Waals surface area contributed by atoms with Crippen LogP contribution in [0, 0.1) is 11.6 Å². The first-order chi connectivity index (χ1) is 11.5. The monoisotopic (exact) mass is 347 g/mol. The number of carbonyl (C=O) groups excluding carboxylic acids is 1. The molecule has 1 heterocycles. The fourth-order valence-corrected chi connectivity index (χ4v) is 2.35. The number of hydrogen-bond donors (Lipinski definition) is 1. The van der Waals surface area contributed by atoms with E-state index in [1.54, 1.807) is 10.7 Å². The number of hydrogen-bond acceptors (Lipinski definition) is 2. The van der Waals surface area contributed by atoms with Gasteiger partial charge in [0.2, 0.25) is 0 Å². The third kappa shape index (κ3) is 3.60. The molecule has 0 saturated carbocycles. The maximum absolute atomic E-state index is 13.6. The predicted molar refractivity (Wildman–Crippen MR) is 87.1 cm³/mol. The van der Waals surface area contributed by atoms with Crippen molar-refractivity contribution >= 4 is 23.2 Å². The first kappa shape index (κ1) is 16.1. The second kappa shape index (κ2) is 6.80. The van der Waals surface area contributed by atoms with Gasteiger partial charge in [0.25, 0.3) is 5.91 Å². The van der Waals surface area contributed by atoms with Crippen LogP contribution < -0.4 is 5.32 Å². The first-order valence-electron chi connectivity index (χ1n) is 7.05. The van der Waals surface area contributed by atoms with Gasteiger partial charge in [-0.25, -0.2) is 8.78 Å². The highest BCUT2D eigenvalue weighted by molar-refractivity contribution is 6.31. The van der Waals surface area contributed by atoms with E-state index in [2.05, 4.69) is 10.4 Å². The molecule has 1 amide bonds. The van der Waals surface area contributed by atoms with E-state index in [1.807, 2.05) is 18.2 Å². The maximum Gasteiger partial charge on any atom is 0.258 e. The van der Waals surface area contributed by atoms with Crippen LogP contribution in [-0.4, -0.2) is 15.7 Å². The van der Waals surface area contributed by atoms with Crippen molar-refractivity contribution in [3.05, 3.63) is 82.6 Å². The summed E-state index contributed by atoms with van der Waals surface area (Å²) in [4.78, 5) is 12.1. The Morgan fingerprint density at radius 2 is 2.00 bits per heavy atom. The molecule has 1 N–H and O–H groups in total. The minimum Gasteiger partial charge on any atom is -0.319 e. The smallest absolute Gasteiger partial charge is 0.258 e. The fraction of sp³-hybridized carbons (Fsp3) is 0.0588. The van der Waals surface area contributed by atoms with Gasteiger partial charge in [-0.05, 0) is 23.8 Å². The molecule has 2 aromatic carbocycles. The molecule has 0 spiro atoms. The fourth-order valence-electron chi connectivity index (χ4n) is 2.15. The summed E-state index contributed by atoms with van der Waals surface area (Å²) in [6.07, 6.45) is 2.90. The Hall–Kier alpha value is -2.73. The number of nitrogens with one attached hydrogen (secondary N) is 1. The number of carbonyl (C=O) groups is 1. The summed E-state index contributed by atoms with van der Waals surface area (Å²) in [5, 5.41) is 7.08. The molecule has 0 fully saturated rings. The van der Waals surface area contributed by atoms with E-state index in [-0.39, 0.29) is 11.3 Å². The topological polar surface area (TPSA) is 46.9 Å². The van der Waals surface area contributed by atoms with Crippen LogP contribution in [0.2, 0.25) is 5.02 Å². The van der Waals surface area contributed by atoms with Crippen LogP contribution in [-0.2, 0) is 6.54 Å². The highest BCUT2D eigenvalue weighted by Gasteiger charge is 2.12. The van der Waals surface area contributed by atoms with Crippen molar-refractivity contribution in [3.8, 4) is 0 Å². The Morgan fingerprint density at radius 3 is 2.75 bits per heavy atom. The number of benzene rings is 2. The molecule has 7 heteroatoms. The van der Waals surface area contributed by atoms with Crippen molar-refractivity contribution in [2.24, 2.45) is 0 Å². The Bertz CT molecular complexity index is 895. The zero-order valence-electron chi connectivity index (χ0n) is 12.3. The summed E-state index contributed by atoms with van der Waals surface area (Å²) in [6, 6.07) is 10.2. The standard InChI is InChI=1S/C17H12ClF2N3O/c18-14-4-2-1-3-11(14)9-23-10-12(8-21-23)17(24)22-16-6-5-13(19)7-15(16)20/h1-8,10H,9H2,(H,22,24). The summed E-state index contributed by atoms with van der Waals surface area (Å²) in [5.74, 6) is -2.09. The first-order valence-corrected chi connectivity index (χ1v) is 7.43. The predicted octanol–water partition coefficient (Wildman–Crippen LogP) is 4.12. The van der Waals surface area contributed by atoms with E-state index in [1.165, 1.54) is 12.4 Å². The summed E-state index contributed by atoms with van der Waals surface area (Å²) in [5.41, 5.74) is 1.02. The number of rotatable bonds is 4. The normalized spacial score (nSPS) is 10.6. The van der Waals surface area contributed by atoms with Gasteiger partial charge in [-0.2, -0.15) is 5.10 Å². The summed E-state index contributed by atoms with van der Waals surface area (Å²) < 4.78 is 28.0. The Morgan fingerprint density at radius 1 is 1.21 bits per heavy atom. The lowest BCUT2D eigenvalue weighted by Crippen LogP contribution is -2.12. The van der Waals surface area contributed by atoms with Gasteiger partial charge in [-0.3, -0.25) is 9.48 Å². The molecule has 0 unspecified atom stereocenters. The lowest BCUT2D eigenvalue weighted by Gasteiger charge is -2.05. The molecular formula is C17H12ClF2N3O. The van der Waals surface area contributed by atoms with E-state index in [0.717, 1.165) is 17.7 Å². The molecule has 24 heavy (non-hydrogen) atoms. The maximum atomic E-state index is 13.6. The Labute approximate surface area is 141 Å². The minimum absolute atomic E-state index is 0.0970. The van der Waals surface area contributed by atoms with Gasteiger partial charge < -0.3 is 5.32 Å². The largest absolute Gasteiger partial charge is 0.319 e. The van der Waals surface area contributed by atoms with Crippen molar-refractivity contribution in [3.63, 3.8) is 0 Å². The Balaban J connectivity index is 1.73. The van der Waals surface area contributed by atoms with E-state index >= 15 is 0 Å². The molecular weight excluding hydrogens is 336 g/mol. The molecule has 0 atom stereocenters.